The molecule has 222 valence electrons. The van der Waals surface area contributed by atoms with Crippen LogP contribution in [-0.2, 0) is 13.2 Å². The summed E-state index contributed by atoms with van der Waals surface area (Å²) in [4.78, 5) is 14.5. The second-order valence-electron chi connectivity index (χ2n) is 8.79. The van der Waals surface area contributed by atoms with Gasteiger partial charge in [-0.25, -0.2) is 4.39 Å². The number of ether oxygens (including phenoxy) is 1. The van der Waals surface area contributed by atoms with Gasteiger partial charge < -0.3 is 14.2 Å². The minimum absolute atomic E-state index is 0.0205. The van der Waals surface area contributed by atoms with Gasteiger partial charge in [0.2, 0.25) is 0 Å². The largest absolute Gasteiger partial charge is 0.440 e. The highest BCUT2D eigenvalue weighted by atomic mass is 35.5. The van der Waals surface area contributed by atoms with Crippen LogP contribution in [0.3, 0.4) is 0 Å². The standard InChI is InChI=1S/C22H15ClF9N5O3S/c1-3-37(19(8-33)4-5-19)17(38)9-6-12(41-15(9)23)11-7-10(35-40-11)14-13(20(25,26)27)16(34-36(14)2)39-22(31,32)18(24)21(28,29)30/h6-7,18H,3-5H2,1-2H3. The van der Waals surface area contributed by atoms with Gasteiger partial charge in [0.25, 0.3) is 18.0 Å². The second kappa shape index (κ2) is 10.1. The monoisotopic (exact) mass is 635 g/mol. The van der Waals surface area contributed by atoms with E-state index in [0.717, 1.165) is 24.5 Å². The predicted octanol–water partition coefficient (Wildman–Crippen LogP) is 6.87. The van der Waals surface area contributed by atoms with Gasteiger partial charge in [0.05, 0.1) is 16.5 Å². The molecule has 0 saturated heterocycles. The van der Waals surface area contributed by atoms with Crippen LogP contribution in [-0.4, -0.2) is 56.3 Å². The third-order valence-electron chi connectivity index (χ3n) is 6.04. The number of amides is 1. The fraction of sp³-hybridized carbons (Fsp3) is 0.455. The average Bonchev–Trinajstić information content (AvgIpc) is 3.16. The van der Waals surface area contributed by atoms with Gasteiger partial charge in [-0.15, -0.1) is 16.4 Å². The van der Waals surface area contributed by atoms with E-state index in [1.54, 1.807) is 6.92 Å². The number of hydrogen-bond acceptors (Lipinski definition) is 7. The minimum Gasteiger partial charge on any atom is -0.410 e. The first-order valence-corrected chi connectivity index (χ1v) is 12.5. The molecule has 41 heavy (non-hydrogen) atoms. The van der Waals surface area contributed by atoms with E-state index >= 15 is 0 Å². The zero-order chi connectivity index (χ0) is 30.7. The lowest BCUT2D eigenvalue weighted by molar-refractivity contribution is -0.306. The lowest BCUT2D eigenvalue weighted by Crippen LogP contribution is -2.46. The molecule has 1 saturated carbocycles. The number of alkyl halides is 9. The zero-order valence-corrected chi connectivity index (χ0v) is 22.1. The molecule has 1 fully saturated rings. The highest BCUT2D eigenvalue weighted by Gasteiger charge is 2.60. The smallest absolute Gasteiger partial charge is 0.410 e. The van der Waals surface area contributed by atoms with E-state index in [-0.39, 0.29) is 27.1 Å². The van der Waals surface area contributed by atoms with Crippen LogP contribution < -0.4 is 4.74 Å². The van der Waals surface area contributed by atoms with Crippen LogP contribution in [0, 0.1) is 11.3 Å². The van der Waals surface area contributed by atoms with Gasteiger partial charge in [0.1, 0.15) is 26.8 Å². The van der Waals surface area contributed by atoms with Crippen molar-refractivity contribution >= 4 is 28.8 Å². The number of thiophene rings is 1. The van der Waals surface area contributed by atoms with Gasteiger partial charge in [-0.05, 0) is 25.8 Å². The maximum absolute atomic E-state index is 13.9. The molecule has 0 aliphatic heterocycles. The van der Waals surface area contributed by atoms with E-state index in [1.165, 1.54) is 11.0 Å². The fourth-order valence-electron chi connectivity index (χ4n) is 3.98. The van der Waals surface area contributed by atoms with Crippen LogP contribution in [0.25, 0.3) is 22.0 Å². The van der Waals surface area contributed by atoms with Crippen LogP contribution in [0.5, 0.6) is 5.88 Å². The molecule has 0 N–H and O–H groups in total. The molecule has 0 bridgehead atoms. The summed E-state index contributed by atoms with van der Waals surface area (Å²) in [6.45, 7) is 1.85. The number of aromatic nitrogens is 3. The van der Waals surface area contributed by atoms with E-state index in [0.29, 0.717) is 17.5 Å². The van der Waals surface area contributed by atoms with E-state index in [2.05, 4.69) is 21.1 Å². The van der Waals surface area contributed by atoms with Gasteiger partial charge >= 0.3 is 18.5 Å². The molecule has 1 unspecified atom stereocenters. The molecule has 1 amide bonds. The molecule has 0 spiro atoms. The lowest BCUT2D eigenvalue weighted by atomic mass is 10.1. The molecule has 1 atom stereocenters. The van der Waals surface area contributed by atoms with Crippen LogP contribution in [0.2, 0.25) is 4.34 Å². The number of aryl methyl sites for hydroxylation is 1. The van der Waals surface area contributed by atoms with Crippen molar-refractivity contribution in [3.63, 3.8) is 0 Å². The Morgan fingerprint density at radius 2 is 1.90 bits per heavy atom. The van der Waals surface area contributed by atoms with Crippen LogP contribution >= 0.6 is 22.9 Å². The summed E-state index contributed by atoms with van der Waals surface area (Å²) in [6.07, 6.45) is -21.5. The average molecular weight is 636 g/mol. The van der Waals surface area contributed by atoms with Crippen molar-refractivity contribution < 1.29 is 53.6 Å². The summed E-state index contributed by atoms with van der Waals surface area (Å²) in [7, 11) is 0.821. The molecule has 3 heterocycles. The molecule has 4 rings (SSSR count). The van der Waals surface area contributed by atoms with Crippen molar-refractivity contribution in [1.29, 1.82) is 5.26 Å². The summed E-state index contributed by atoms with van der Waals surface area (Å²) in [5, 5.41) is 16.0. The second-order valence-corrected chi connectivity index (χ2v) is 10.4. The summed E-state index contributed by atoms with van der Waals surface area (Å²) in [5.41, 5.74) is -4.78. The molecule has 8 nitrogen and oxygen atoms in total. The number of rotatable bonds is 8. The Bertz CT molecular complexity index is 1520. The van der Waals surface area contributed by atoms with Crippen molar-refractivity contribution in [3.8, 4) is 34.0 Å². The van der Waals surface area contributed by atoms with E-state index in [9.17, 15) is 49.6 Å². The molecule has 1 aliphatic rings. The van der Waals surface area contributed by atoms with Gasteiger partial charge in [-0.2, -0.15) is 40.4 Å². The molecule has 0 radical (unpaired) electrons. The quantitative estimate of drug-likeness (QED) is 0.251. The molecule has 0 aromatic carbocycles. The Balaban J connectivity index is 1.70. The van der Waals surface area contributed by atoms with Gasteiger partial charge in [-0.3, -0.25) is 9.48 Å². The summed E-state index contributed by atoms with van der Waals surface area (Å²) >= 11 is 7.01. The molecule has 3 aromatic rings. The Morgan fingerprint density at radius 1 is 1.27 bits per heavy atom. The SMILES string of the molecule is CCN(C(=O)c1cc(-c2cc(-c3c(C(F)(F)F)c(OC(F)(F)C(F)C(F)(F)F)nn3C)no2)sc1Cl)C1(C#N)CC1. The molecule has 19 heteroatoms. The molecule has 3 aromatic heterocycles. The summed E-state index contributed by atoms with van der Waals surface area (Å²) in [6, 6.07) is 4.26. The number of halogens is 10. The van der Waals surface area contributed by atoms with Gasteiger partial charge in [0, 0.05) is 19.7 Å². The molecular formula is C22H15ClF9N5O3S. The van der Waals surface area contributed by atoms with E-state index in [4.69, 9.17) is 16.1 Å². The first-order chi connectivity index (χ1) is 18.9. The maximum atomic E-state index is 13.9. The topological polar surface area (TPSA) is 97.2 Å². The predicted molar refractivity (Wildman–Crippen MR) is 123 cm³/mol. The van der Waals surface area contributed by atoms with Crippen LogP contribution in [0.1, 0.15) is 35.7 Å². The molecular weight excluding hydrogens is 621 g/mol. The number of nitrogens with zero attached hydrogens (tertiary/aromatic N) is 5. The molecule has 1 aliphatic carbocycles. The number of carbonyl (C=O) groups excluding carboxylic acids is 1. The van der Waals surface area contributed by atoms with E-state index < -0.39 is 58.9 Å². The van der Waals surface area contributed by atoms with Gasteiger partial charge in [-0.1, -0.05) is 16.8 Å². The van der Waals surface area contributed by atoms with Crippen molar-refractivity contribution in [2.45, 2.75) is 49.9 Å². The highest BCUT2D eigenvalue weighted by Crippen LogP contribution is 2.47. The number of carbonyl (C=O) groups is 1. The third-order valence-corrected chi connectivity index (χ3v) is 7.41. The number of nitriles is 1. The number of hydrogen-bond donors (Lipinski definition) is 0. The Hall–Kier alpha value is -3.46. The minimum atomic E-state index is -6.15. The first-order valence-electron chi connectivity index (χ1n) is 11.3. The Kier molecular flexibility index (Phi) is 7.53. The maximum Gasteiger partial charge on any atom is 0.440 e. The van der Waals surface area contributed by atoms with Crippen LogP contribution in [0.15, 0.2) is 16.7 Å². The van der Waals surface area contributed by atoms with Crippen molar-refractivity contribution in [1.82, 2.24) is 19.8 Å². The highest BCUT2D eigenvalue weighted by molar-refractivity contribution is 7.19. The van der Waals surface area contributed by atoms with Crippen molar-refractivity contribution in [2.75, 3.05) is 6.54 Å². The Morgan fingerprint density at radius 3 is 2.41 bits per heavy atom. The summed E-state index contributed by atoms with van der Waals surface area (Å²) in [5.74, 6) is -2.83. The van der Waals surface area contributed by atoms with Crippen LogP contribution in [0.4, 0.5) is 39.5 Å². The Labute approximate surface area is 232 Å². The zero-order valence-electron chi connectivity index (χ0n) is 20.5. The third kappa shape index (κ3) is 5.56. The van der Waals surface area contributed by atoms with E-state index in [1.807, 2.05) is 0 Å². The first kappa shape index (κ1) is 30.5. The normalized spacial score (nSPS) is 15.9. The summed E-state index contributed by atoms with van der Waals surface area (Å²) < 4.78 is 129. The van der Waals surface area contributed by atoms with Gasteiger partial charge in [0.15, 0.2) is 5.76 Å². The van der Waals surface area contributed by atoms with Crippen molar-refractivity contribution in [3.05, 3.63) is 27.6 Å². The fourth-order valence-corrected chi connectivity index (χ4v) is 5.18. The lowest BCUT2D eigenvalue weighted by Gasteiger charge is -2.25. The van der Waals surface area contributed by atoms with Crippen molar-refractivity contribution in [2.24, 2.45) is 7.05 Å².